The van der Waals surface area contributed by atoms with E-state index in [2.05, 4.69) is 5.10 Å². The predicted octanol–water partition coefficient (Wildman–Crippen LogP) is 0.494. The second-order valence-corrected chi connectivity index (χ2v) is 3.38. The third-order valence-electron chi connectivity index (χ3n) is 2.33. The third kappa shape index (κ3) is 1.52. The van der Waals surface area contributed by atoms with Gasteiger partial charge in [-0.3, -0.25) is 19.4 Å². The van der Waals surface area contributed by atoms with Crippen molar-refractivity contribution in [3.05, 3.63) is 34.1 Å². The molecule has 5 nitrogen and oxygen atoms in total. The first-order chi connectivity index (χ1) is 7.09. The molecule has 1 heterocycles. The number of aryl methyl sites for hydroxylation is 1. The number of hydrogen-bond acceptors (Lipinski definition) is 2. The van der Waals surface area contributed by atoms with E-state index >= 15 is 0 Å². The summed E-state index contributed by atoms with van der Waals surface area (Å²) in [7, 11) is 1.72. The molecule has 0 aliphatic rings. The van der Waals surface area contributed by atoms with Crippen LogP contribution in [0.4, 0.5) is 0 Å². The lowest BCUT2D eigenvalue weighted by Crippen LogP contribution is -2.06. The van der Waals surface area contributed by atoms with E-state index in [4.69, 9.17) is 5.11 Å². The first kappa shape index (κ1) is 9.51. The predicted molar refractivity (Wildman–Crippen MR) is 54.9 cm³/mol. The molecule has 0 aliphatic carbocycles. The van der Waals surface area contributed by atoms with Crippen molar-refractivity contribution in [1.82, 2.24) is 9.78 Å². The largest absolute Gasteiger partial charge is 0.481 e. The minimum absolute atomic E-state index is 0.134. The molecule has 0 atom stereocenters. The molecular weight excluding hydrogens is 196 g/mol. The molecule has 78 valence electrons. The monoisotopic (exact) mass is 206 g/mol. The van der Waals surface area contributed by atoms with Crippen LogP contribution in [-0.4, -0.2) is 20.9 Å². The number of carboxylic acids is 1. The summed E-state index contributed by atoms with van der Waals surface area (Å²) in [5, 5.41) is 11.8. The number of nitrogens with zero attached hydrogens (tertiary/aromatic N) is 1. The standard InChI is InChI=1S/C10H10N2O3/c1-12-7-4-2-3-6(5-8(13)14)9(7)10(15)11-12/h2-4H,5H2,1H3,(H,11,15)(H,13,14). The quantitative estimate of drug-likeness (QED) is 0.751. The van der Waals surface area contributed by atoms with Gasteiger partial charge in [0.1, 0.15) is 0 Å². The van der Waals surface area contributed by atoms with Gasteiger partial charge < -0.3 is 5.11 Å². The summed E-state index contributed by atoms with van der Waals surface area (Å²) < 4.78 is 1.59. The van der Waals surface area contributed by atoms with Crippen LogP contribution in [0.3, 0.4) is 0 Å². The second-order valence-electron chi connectivity index (χ2n) is 3.38. The molecule has 2 rings (SSSR count). The van der Waals surface area contributed by atoms with E-state index in [1.807, 2.05) is 0 Å². The van der Waals surface area contributed by atoms with Crippen LogP contribution in [0.2, 0.25) is 0 Å². The van der Waals surface area contributed by atoms with Crippen LogP contribution >= 0.6 is 0 Å². The van der Waals surface area contributed by atoms with E-state index in [0.29, 0.717) is 10.9 Å². The number of aromatic amines is 1. The number of carbonyl (C=O) groups is 1. The van der Waals surface area contributed by atoms with Gasteiger partial charge in [-0.15, -0.1) is 0 Å². The Morgan fingerprint density at radius 2 is 2.27 bits per heavy atom. The number of benzene rings is 1. The van der Waals surface area contributed by atoms with Gasteiger partial charge in [0.05, 0.1) is 17.3 Å². The lowest BCUT2D eigenvalue weighted by atomic mass is 10.1. The van der Waals surface area contributed by atoms with Gasteiger partial charge in [0.2, 0.25) is 0 Å². The maximum Gasteiger partial charge on any atom is 0.307 e. The first-order valence-corrected chi connectivity index (χ1v) is 4.48. The van der Waals surface area contributed by atoms with Crippen molar-refractivity contribution < 1.29 is 9.90 Å². The van der Waals surface area contributed by atoms with Gasteiger partial charge in [-0.2, -0.15) is 0 Å². The minimum atomic E-state index is -0.939. The molecule has 2 aromatic rings. The average Bonchev–Trinajstić information content (AvgIpc) is 2.43. The number of aromatic nitrogens is 2. The molecule has 0 aliphatic heterocycles. The molecule has 0 fully saturated rings. The van der Waals surface area contributed by atoms with E-state index in [1.165, 1.54) is 0 Å². The summed E-state index contributed by atoms with van der Waals surface area (Å²) in [4.78, 5) is 22.1. The van der Waals surface area contributed by atoms with Crippen molar-refractivity contribution >= 4 is 16.9 Å². The Hall–Kier alpha value is -2.04. The highest BCUT2D eigenvalue weighted by atomic mass is 16.4. The summed E-state index contributed by atoms with van der Waals surface area (Å²) in [6.07, 6.45) is -0.134. The van der Waals surface area contributed by atoms with Crippen molar-refractivity contribution in [3.63, 3.8) is 0 Å². The maximum absolute atomic E-state index is 11.5. The van der Waals surface area contributed by atoms with Gasteiger partial charge in [-0.1, -0.05) is 12.1 Å². The average molecular weight is 206 g/mol. The lowest BCUT2D eigenvalue weighted by Gasteiger charge is -1.98. The van der Waals surface area contributed by atoms with Crippen molar-refractivity contribution in [2.24, 2.45) is 7.05 Å². The van der Waals surface area contributed by atoms with E-state index in [-0.39, 0.29) is 12.0 Å². The molecule has 2 N–H and O–H groups in total. The number of aliphatic carboxylic acids is 1. The number of hydrogen-bond donors (Lipinski definition) is 2. The summed E-state index contributed by atoms with van der Waals surface area (Å²) in [5.74, 6) is -0.939. The fraction of sp³-hybridized carbons (Fsp3) is 0.200. The molecule has 0 amide bonds. The van der Waals surface area contributed by atoms with E-state index in [1.54, 1.807) is 29.9 Å². The molecule has 0 saturated heterocycles. The number of rotatable bonds is 2. The fourth-order valence-corrected chi connectivity index (χ4v) is 1.71. The summed E-state index contributed by atoms with van der Waals surface area (Å²) >= 11 is 0. The zero-order valence-electron chi connectivity index (χ0n) is 8.15. The molecule has 5 heteroatoms. The van der Waals surface area contributed by atoms with Crippen LogP contribution in [0.25, 0.3) is 10.9 Å². The van der Waals surface area contributed by atoms with Gasteiger partial charge in [0.25, 0.3) is 5.56 Å². The van der Waals surface area contributed by atoms with Gasteiger partial charge in [-0.05, 0) is 11.6 Å². The van der Waals surface area contributed by atoms with E-state index in [9.17, 15) is 9.59 Å². The Bertz CT molecular complexity index is 580. The maximum atomic E-state index is 11.5. The highest BCUT2D eigenvalue weighted by Gasteiger charge is 2.10. The highest BCUT2D eigenvalue weighted by molar-refractivity contribution is 5.85. The Kier molecular flexibility index (Phi) is 2.07. The summed E-state index contributed by atoms with van der Waals surface area (Å²) in [5.41, 5.74) is 1.02. The smallest absolute Gasteiger partial charge is 0.307 e. The molecule has 1 aromatic heterocycles. The number of nitrogens with one attached hydrogen (secondary N) is 1. The Balaban J connectivity index is 2.75. The number of fused-ring (bicyclic) bond motifs is 1. The molecule has 0 saturated carbocycles. The molecular formula is C10H10N2O3. The number of H-pyrrole nitrogens is 1. The van der Waals surface area contributed by atoms with Crippen molar-refractivity contribution in [2.45, 2.75) is 6.42 Å². The third-order valence-corrected chi connectivity index (χ3v) is 2.33. The number of carboxylic acid groups (broad SMARTS) is 1. The fourth-order valence-electron chi connectivity index (χ4n) is 1.71. The van der Waals surface area contributed by atoms with Gasteiger partial charge >= 0.3 is 5.97 Å². The van der Waals surface area contributed by atoms with Gasteiger partial charge in [0.15, 0.2) is 0 Å². The molecule has 1 aromatic carbocycles. The van der Waals surface area contributed by atoms with Gasteiger partial charge in [-0.25, -0.2) is 0 Å². The van der Waals surface area contributed by atoms with Crippen LogP contribution in [0.1, 0.15) is 5.56 Å². The van der Waals surface area contributed by atoms with Crippen LogP contribution in [0.15, 0.2) is 23.0 Å². The zero-order chi connectivity index (χ0) is 11.0. The van der Waals surface area contributed by atoms with Crippen LogP contribution in [-0.2, 0) is 18.3 Å². The Morgan fingerprint density at radius 3 is 2.93 bits per heavy atom. The summed E-state index contributed by atoms with van der Waals surface area (Å²) in [6, 6.07) is 5.18. The second kappa shape index (κ2) is 3.27. The SMILES string of the molecule is Cn1[nH]c(=O)c2c(CC(=O)O)cccc21. The van der Waals surface area contributed by atoms with Crippen LogP contribution in [0, 0.1) is 0 Å². The highest BCUT2D eigenvalue weighted by Crippen LogP contribution is 2.14. The Morgan fingerprint density at radius 1 is 1.53 bits per heavy atom. The molecule has 15 heavy (non-hydrogen) atoms. The zero-order valence-corrected chi connectivity index (χ0v) is 8.15. The molecule has 0 bridgehead atoms. The molecule has 0 unspecified atom stereocenters. The topological polar surface area (TPSA) is 75.1 Å². The van der Waals surface area contributed by atoms with Crippen molar-refractivity contribution in [2.75, 3.05) is 0 Å². The van der Waals surface area contributed by atoms with E-state index in [0.717, 1.165) is 5.52 Å². The van der Waals surface area contributed by atoms with E-state index < -0.39 is 5.97 Å². The van der Waals surface area contributed by atoms with Crippen molar-refractivity contribution in [1.29, 1.82) is 0 Å². The normalized spacial score (nSPS) is 10.7. The Labute approximate surface area is 84.9 Å². The first-order valence-electron chi connectivity index (χ1n) is 4.48. The van der Waals surface area contributed by atoms with Gasteiger partial charge in [0, 0.05) is 7.05 Å². The minimum Gasteiger partial charge on any atom is -0.481 e. The van der Waals surface area contributed by atoms with Crippen LogP contribution in [0.5, 0.6) is 0 Å². The summed E-state index contributed by atoms with van der Waals surface area (Å²) in [6.45, 7) is 0. The molecule has 0 spiro atoms. The lowest BCUT2D eigenvalue weighted by molar-refractivity contribution is -0.136. The van der Waals surface area contributed by atoms with Crippen molar-refractivity contribution in [3.8, 4) is 0 Å². The molecule has 0 radical (unpaired) electrons. The van der Waals surface area contributed by atoms with Crippen LogP contribution < -0.4 is 5.56 Å².